The van der Waals surface area contributed by atoms with Gasteiger partial charge in [0.25, 0.3) is 0 Å². The Hall–Kier alpha value is -0.670. The maximum absolute atomic E-state index is 12.8. The van der Waals surface area contributed by atoms with Gasteiger partial charge in [0, 0.05) is 18.3 Å². The minimum Gasteiger partial charge on any atom is -0.315 e. The van der Waals surface area contributed by atoms with Crippen molar-refractivity contribution < 1.29 is 4.39 Å². The molecule has 11 heavy (non-hydrogen) atoms. The minimum absolute atomic E-state index is 0.401. The Morgan fingerprint density at radius 1 is 1.73 bits per heavy atom. The topological polar surface area (TPSA) is 24.9 Å². The molecule has 1 aromatic rings. The molecule has 0 spiro atoms. The van der Waals surface area contributed by atoms with E-state index >= 15 is 0 Å². The Kier molecular flexibility index (Phi) is 2.79. The van der Waals surface area contributed by atoms with Crippen molar-refractivity contribution in [1.82, 2.24) is 10.3 Å². The van der Waals surface area contributed by atoms with Crippen LogP contribution < -0.4 is 5.32 Å². The van der Waals surface area contributed by atoms with Gasteiger partial charge in [-0.25, -0.2) is 4.98 Å². The average molecular weight is 175 g/mol. The summed E-state index contributed by atoms with van der Waals surface area (Å²) >= 11 is 5.69. The number of nitrogens with zero attached hydrogens (tertiary/aromatic N) is 1. The molecule has 4 heteroatoms. The van der Waals surface area contributed by atoms with Gasteiger partial charge in [0.15, 0.2) is 0 Å². The Labute approximate surface area is 69.4 Å². The van der Waals surface area contributed by atoms with Crippen LogP contribution in [0.5, 0.6) is 0 Å². The number of pyridine rings is 1. The summed E-state index contributed by atoms with van der Waals surface area (Å²) in [6.07, 6.45) is 1.34. The van der Waals surface area contributed by atoms with Crippen LogP contribution in [0.1, 0.15) is 5.56 Å². The molecule has 0 saturated heterocycles. The number of rotatable bonds is 2. The zero-order valence-electron chi connectivity index (χ0n) is 6.06. The fourth-order valence-corrected chi connectivity index (χ4v) is 0.980. The quantitative estimate of drug-likeness (QED) is 0.689. The van der Waals surface area contributed by atoms with E-state index in [1.807, 2.05) is 0 Å². The minimum atomic E-state index is -0.508. The molecule has 0 atom stereocenters. The highest BCUT2D eigenvalue weighted by atomic mass is 35.5. The number of hydrogen-bond donors (Lipinski definition) is 1. The van der Waals surface area contributed by atoms with Crippen LogP contribution in [0.25, 0.3) is 0 Å². The zero-order chi connectivity index (χ0) is 8.27. The van der Waals surface area contributed by atoms with Crippen molar-refractivity contribution in [3.63, 3.8) is 0 Å². The van der Waals surface area contributed by atoms with Crippen LogP contribution >= 0.6 is 11.6 Å². The van der Waals surface area contributed by atoms with Crippen molar-refractivity contribution in [2.75, 3.05) is 7.05 Å². The maximum atomic E-state index is 12.8. The molecule has 0 fully saturated rings. The smallest absolute Gasteiger partial charge is 0.218 e. The molecule has 0 aliphatic rings. The summed E-state index contributed by atoms with van der Waals surface area (Å²) in [6.45, 7) is 0.401. The van der Waals surface area contributed by atoms with Crippen molar-refractivity contribution >= 4 is 11.6 Å². The van der Waals surface area contributed by atoms with Crippen LogP contribution in [0.15, 0.2) is 12.3 Å². The predicted molar refractivity (Wildman–Crippen MR) is 42.0 cm³/mol. The van der Waals surface area contributed by atoms with Gasteiger partial charge in [-0.3, -0.25) is 0 Å². The number of nitrogens with one attached hydrogen (secondary N) is 1. The predicted octanol–water partition coefficient (Wildman–Crippen LogP) is 1.59. The van der Waals surface area contributed by atoms with E-state index in [2.05, 4.69) is 10.3 Å². The average Bonchev–Trinajstić information content (AvgIpc) is 1.97. The first-order valence-corrected chi connectivity index (χ1v) is 3.57. The molecule has 0 aliphatic carbocycles. The number of aromatic nitrogens is 1. The van der Waals surface area contributed by atoms with Gasteiger partial charge < -0.3 is 5.32 Å². The van der Waals surface area contributed by atoms with Crippen molar-refractivity contribution in [2.45, 2.75) is 6.54 Å². The first-order valence-electron chi connectivity index (χ1n) is 3.19. The third-order valence-electron chi connectivity index (χ3n) is 1.30. The van der Waals surface area contributed by atoms with Crippen LogP contribution in [0.3, 0.4) is 0 Å². The van der Waals surface area contributed by atoms with Crippen molar-refractivity contribution in [1.29, 1.82) is 0 Å². The van der Waals surface area contributed by atoms with Crippen molar-refractivity contribution in [3.8, 4) is 0 Å². The number of halogens is 2. The lowest BCUT2D eigenvalue weighted by Crippen LogP contribution is -2.08. The lowest BCUT2D eigenvalue weighted by atomic mass is 10.3. The van der Waals surface area contributed by atoms with Crippen LogP contribution in [0, 0.1) is 5.95 Å². The fraction of sp³-hybridized carbons (Fsp3) is 0.286. The van der Waals surface area contributed by atoms with Crippen molar-refractivity contribution in [3.05, 3.63) is 28.8 Å². The standard InChI is InChI=1S/C7H8ClFN2/c1-10-4-5-6(8)2-3-11-7(5)9/h2-3,10H,4H2,1H3. The molecule has 1 heterocycles. The Bertz CT molecular complexity index is 232. The molecule has 0 saturated carbocycles. The molecule has 0 aliphatic heterocycles. The van der Waals surface area contributed by atoms with Crippen LogP contribution in [-0.2, 0) is 6.54 Å². The van der Waals surface area contributed by atoms with Crippen molar-refractivity contribution in [2.24, 2.45) is 0 Å². The lowest BCUT2D eigenvalue weighted by Gasteiger charge is -2.02. The van der Waals surface area contributed by atoms with E-state index in [0.717, 1.165) is 0 Å². The molecule has 0 aromatic carbocycles. The lowest BCUT2D eigenvalue weighted by molar-refractivity contribution is 0.559. The molecule has 2 nitrogen and oxygen atoms in total. The molecular weight excluding hydrogens is 167 g/mol. The summed E-state index contributed by atoms with van der Waals surface area (Å²) in [5, 5.41) is 3.21. The molecule has 0 unspecified atom stereocenters. The summed E-state index contributed by atoms with van der Waals surface area (Å²) in [5.74, 6) is -0.508. The van der Waals surface area contributed by atoms with Gasteiger partial charge in [-0.2, -0.15) is 4.39 Å². The van der Waals surface area contributed by atoms with E-state index in [9.17, 15) is 4.39 Å². The van der Waals surface area contributed by atoms with Gasteiger partial charge in [-0.05, 0) is 13.1 Å². The van der Waals surface area contributed by atoms with E-state index in [0.29, 0.717) is 17.1 Å². The molecular formula is C7H8ClFN2. The summed E-state index contributed by atoms with van der Waals surface area (Å²) in [5.41, 5.74) is 0.414. The Balaban J connectivity index is 3.00. The second kappa shape index (κ2) is 3.64. The van der Waals surface area contributed by atoms with E-state index < -0.39 is 5.95 Å². The van der Waals surface area contributed by atoms with Crippen LogP contribution in [-0.4, -0.2) is 12.0 Å². The zero-order valence-corrected chi connectivity index (χ0v) is 6.82. The number of hydrogen-bond acceptors (Lipinski definition) is 2. The molecule has 1 aromatic heterocycles. The third kappa shape index (κ3) is 1.88. The van der Waals surface area contributed by atoms with Crippen LogP contribution in [0.4, 0.5) is 4.39 Å². The normalized spacial score (nSPS) is 10.1. The molecule has 60 valence electrons. The monoisotopic (exact) mass is 174 g/mol. The van der Waals surface area contributed by atoms with E-state index in [4.69, 9.17) is 11.6 Å². The van der Waals surface area contributed by atoms with E-state index in [1.165, 1.54) is 6.20 Å². The molecule has 0 amide bonds. The molecule has 1 N–H and O–H groups in total. The fourth-order valence-electron chi connectivity index (χ4n) is 0.779. The summed E-state index contributed by atoms with van der Waals surface area (Å²) in [6, 6.07) is 1.57. The summed E-state index contributed by atoms with van der Waals surface area (Å²) in [4.78, 5) is 3.47. The molecule has 0 radical (unpaired) electrons. The largest absolute Gasteiger partial charge is 0.315 e. The van der Waals surface area contributed by atoms with Gasteiger partial charge in [0.05, 0.1) is 5.02 Å². The summed E-state index contributed by atoms with van der Waals surface area (Å²) in [7, 11) is 1.72. The van der Waals surface area contributed by atoms with E-state index in [-0.39, 0.29) is 0 Å². The third-order valence-corrected chi connectivity index (χ3v) is 1.65. The second-order valence-corrected chi connectivity index (χ2v) is 2.50. The maximum Gasteiger partial charge on any atom is 0.218 e. The van der Waals surface area contributed by atoms with E-state index in [1.54, 1.807) is 13.1 Å². The Morgan fingerprint density at radius 3 is 3.00 bits per heavy atom. The van der Waals surface area contributed by atoms with Gasteiger partial charge in [-0.1, -0.05) is 11.6 Å². The van der Waals surface area contributed by atoms with Gasteiger partial charge in [0.1, 0.15) is 0 Å². The highest BCUT2D eigenvalue weighted by Gasteiger charge is 2.05. The van der Waals surface area contributed by atoms with Crippen LogP contribution in [0.2, 0.25) is 5.02 Å². The second-order valence-electron chi connectivity index (χ2n) is 2.09. The van der Waals surface area contributed by atoms with Gasteiger partial charge >= 0.3 is 0 Å². The molecule has 1 rings (SSSR count). The first kappa shape index (κ1) is 8.43. The van der Waals surface area contributed by atoms with Gasteiger partial charge in [-0.15, -0.1) is 0 Å². The first-order chi connectivity index (χ1) is 5.25. The Morgan fingerprint density at radius 2 is 2.45 bits per heavy atom. The highest BCUT2D eigenvalue weighted by molar-refractivity contribution is 6.31. The van der Waals surface area contributed by atoms with Gasteiger partial charge in [0.2, 0.25) is 5.95 Å². The summed E-state index contributed by atoms with van der Waals surface area (Å²) < 4.78 is 12.8. The SMILES string of the molecule is CNCc1c(Cl)ccnc1F. The highest BCUT2D eigenvalue weighted by Crippen LogP contribution is 2.16. The molecule has 0 bridgehead atoms.